The monoisotopic (exact) mass is 386 g/mol. The van der Waals surface area contributed by atoms with E-state index in [9.17, 15) is 18.4 Å². The smallest absolute Gasteiger partial charge is 0.295 e. The van der Waals surface area contributed by atoms with Crippen molar-refractivity contribution in [1.82, 2.24) is 4.73 Å². The van der Waals surface area contributed by atoms with E-state index >= 15 is 0 Å². The van der Waals surface area contributed by atoms with Crippen LogP contribution in [0.5, 0.6) is 5.75 Å². The van der Waals surface area contributed by atoms with E-state index in [2.05, 4.69) is 5.32 Å². The molecule has 0 saturated carbocycles. The van der Waals surface area contributed by atoms with Crippen LogP contribution in [0.25, 0.3) is 0 Å². The van der Waals surface area contributed by atoms with Gasteiger partial charge >= 0.3 is 0 Å². The molecule has 0 aliphatic carbocycles. The lowest BCUT2D eigenvalue weighted by Crippen LogP contribution is -2.32. The standard InChI is InChI=1S/C20H16F2N2O4/c1-27-15-5-2-4-13(10-15)12-28-24-9-3-6-16(20(24)26)19(25)23-18-8-7-14(21)11-17(18)22/h2-11H,12H2,1H3,(H,23,25). The van der Waals surface area contributed by atoms with Crippen LogP contribution >= 0.6 is 0 Å². The number of amides is 1. The SMILES string of the molecule is COc1cccc(COn2cccc(C(=O)Nc3ccc(F)cc3F)c2=O)c1. The fourth-order valence-electron chi connectivity index (χ4n) is 2.44. The number of nitrogens with zero attached hydrogens (tertiary/aromatic N) is 1. The number of halogens is 2. The van der Waals surface area contributed by atoms with Crippen LogP contribution in [0.3, 0.4) is 0 Å². The Labute approximate surface area is 158 Å². The zero-order valence-electron chi connectivity index (χ0n) is 14.8. The highest BCUT2D eigenvalue weighted by molar-refractivity contribution is 6.04. The molecule has 1 N–H and O–H groups in total. The van der Waals surface area contributed by atoms with Crippen LogP contribution in [0.1, 0.15) is 15.9 Å². The molecule has 0 atom stereocenters. The summed E-state index contributed by atoms with van der Waals surface area (Å²) in [4.78, 5) is 30.3. The van der Waals surface area contributed by atoms with Gasteiger partial charge in [0.2, 0.25) is 0 Å². The summed E-state index contributed by atoms with van der Waals surface area (Å²) < 4.78 is 32.7. The maximum absolute atomic E-state index is 13.7. The van der Waals surface area contributed by atoms with Crippen molar-refractivity contribution in [1.29, 1.82) is 0 Å². The van der Waals surface area contributed by atoms with Gasteiger partial charge < -0.3 is 14.9 Å². The number of carbonyl (C=O) groups is 1. The lowest BCUT2D eigenvalue weighted by molar-refractivity contribution is 0.0862. The fraction of sp³-hybridized carbons (Fsp3) is 0.100. The Morgan fingerprint density at radius 3 is 2.68 bits per heavy atom. The van der Waals surface area contributed by atoms with Gasteiger partial charge in [-0.25, -0.2) is 8.78 Å². The van der Waals surface area contributed by atoms with Gasteiger partial charge in [-0.1, -0.05) is 12.1 Å². The second-order valence-corrected chi connectivity index (χ2v) is 5.76. The van der Waals surface area contributed by atoms with Gasteiger partial charge in [-0.05, 0) is 42.0 Å². The second-order valence-electron chi connectivity index (χ2n) is 5.76. The first kappa shape index (κ1) is 19.1. The molecule has 1 aromatic heterocycles. The van der Waals surface area contributed by atoms with Crippen LogP contribution < -0.4 is 20.5 Å². The van der Waals surface area contributed by atoms with Crippen LogP contribution in [-0.2, 0) is 6.61 Å². The highest BCUT2D eigenvalue weighted by atomic mass is 19.1. The van der Waals surface area contributed by atoms with E-state index in [-0.39, 0.29) is 17.9 Å². The average Bonchev–Trinajstić information content (AvgIpc) is 2.69. The first-order chi connectivity index (χ1) is 13.5. The van der Waals surface area contributed by atoms with Crippen molar-refractivity contribution in [2.24, 2.45) is 0 Å². The molecule has 28 heavy (non-hydrogen) atoms. The lowest BCUT2D eigenvalue weighted by Gasteiger charge is -2.11. The summed E-state index contributed by atoms with van der Waals surface area (Å²) in [5.41, 5.74) is -0.449. The molecule has 1 heterocycles. The summed E-state index contributed by atoms with van der Waals surface area (Å²) in [7, 11) is 1.54. The number of ether oxygens (including phenoxy) is 1. The zero-order valence-corrected chi connectivity index (χ0v) is 14.8. The molecular formula is C20H16F2N2O4. The van der Waals surface area contributed by atoms with Crippen molar-refractivity contribution in [2.75, 3.05) is 12.4 Å². The largest absolute Gasteiger partial charge is 0.497 e. The van der Waals surface area contributed by atoms with E-state index in [4.69, 9.17) is 9.57 Å². The van der Waals surface area contributed by atoms with Gasteiger partial charge in [-0.3, -0.25) is 9.59 Å². The van der Waals surface area contributed by atoms with E-state index in [0.717, 1.165) is 22.4 Å². The number of pyridine rings is 1. The summed E-state index contributed by atoms with van der Waals surface area (Å²) in [6.45, 7) is 0.0643. The van der Waals surface area contributed by atoms with Crippen molar-refractivity contribution < 1.29 is 23.1 Å². The van der Waals surface area contributed by atoms with Crippen LogP contribution in [0, 0.1) is 11.6 Å². The molecule has 3 rings (SSSR count). The molecule has 8 heteroatoms. The Balaban J connectivity index is 1.76. The van der Waals surface area contributed by atoms with Crippen molar-refractivity contribution in [3.63, 3.8) is 0 Å². The quantitative estimate of drug-likeness (QED) is 0.707. The molecule has 0 aliphatic heterocycles. The molecule has 0 fully saturated rings. The number of hydrogen-bond acceptors (Lipinski definition) is 4. The normalized spacial score (nSPS) is 10.4. The molecule has 0 radical (unpaired) electrons. The predicted octanol–water partition coefficient (Wildman–Crippen LogP) is 3.02. The number of carbonyl (C=O) groups excluding carboxylic acids is 1. The Morgan fingerprint density at radius 1 is 1.11 bits per heavy atom. The molecule has 2 aromatic carbocycles. The van der Waals surface area contributed by atoms with Crippen molar-refractivity contribution in [2.45, 2.75) is 6.61 Å². The van der Waals surface area contributed by atoms with Gasteiger partial charge in [-0.2, -0.15) is 4.73 Å². The van der Waals surface area contributed by atoms with Crippen molar-refractivity contribution in [3.8, 4) is 5.75 Å². The molecular weight excluding hydrogens is 370 g/mol. The van der Waals surface area contributed by atoms with Gasteiger partial charge in [0.1, 0.15) is 29.6 Å². The molecule has 0 bridgehead atoms. The third-order valence-electron chi connectivity index (χ3n) is 3.84. The Hall–Kier alpha value is -3.68. The first-order valence-corrected chi connectivity index (χ1v) is 8.22. The lowest BCUT2D eigenvalue weighted by atomic mass is 10.2. The van der Waals surface area contributed by atoms with E-state index < -0.39 is 23.1 Å². The highest BCUT2D eigenvalue weighted by Crippen LogP contribution is 2.16. The number of hydrogen-bond donors (Lipinski definition) is 1. The second kappa shape index (κ2) is 8.34. The summed E-state index contributed by atoms with van der Waals surface area (Å²) in [5.74, 6) is -1.92. The Bertz CT molecular complexity index is 1070. The number of nitrogens with one attached hydrogen (secondary N) is 1. The highest BCUT2D eigenvalue weighted by Gasteiger charge is 2.15. The number of benzene rings is 2. The fourth-order valence-corrected chi connectivity index (χ4v) is 2.44. The molecule has 6 nitrogen and oxygen atoms in total. The van der Waals surface area contributed by atoms with Gasteiger partial charge in [0, 0.05) is 12.3 Å². The van der Waals surface area contributed by atoms with E-state index in [1.54, 1.807) is 24.3 Å². The Morgan fingerprint density at radius 2 is 1.93 bits per heavy atom. The average molecular weight is 386 g/mol. The number of methoxy groups -OCH3 is 1. The van der Waals surface area contributed by atoms with Crippen LogP contribution in [0.2, 0.25) is 0 Å². The van der Waals surface area contributed by atoms with Gasteiger partial charge in [0.05, 0.1) is 12.8 Å². The molecule has 0 spiro atoms. The summed E-state index contributed by atoms with van der Waals surface area (Å²) in [6.07, 6.45) is 1.36. The van der Waals surface area contributed by atoms with Crippen LogP contribution in [-0.4, -0.2) is 17.7 Å². The number of anilines is 1. The summed E-state index contributed by atoms with van der Waals surface area (Å²) >= 11 is 0. The first-order valence-electron chi connectivity index (χ1n) is 8.22. The van der Waals surface area contributed by atoms with Crippen LogP contribution in [0.4, 0.5) is 14.5 Å². The minimum atomic E-state index is -0.945. The summed E-state index contributed by atoms with van der Waals surface area (Å²) in [6, 6.07) is 12.5. The zero-order chi connectivity index (χ0) is 20.1. The predicted molar refractivity (Wildman–Crippen MR) is 98.3 cm³/mol. The summed E-state index contributed by atoms with van der Waals surface area (Å²) in [5, 5.41) is 2.24. The van der Waals surface area contributed by atoms with Gasteiger partial charge in [-0.15, -0.1) is 0 Å². The van der Waals surface area contributed by atoms with E-state index in [1.807, 2.05) is 0 Å². The molecule has 0 aliphatic rings. The van der Waals surface area contributed by atoms with Crippen LogP contribution in [0.15, 0.2) is 65.6 Å². The molecule has 0 saturated heterocycles. The molecule has 0 unspecified atom stereocenters. The maximum Gasteiger partial charge on any atom is 0.295 e. The van der Waals surface area contributed by atoms with Crippen molar-refractivity contribution in [3.05, 3.63) is 93.9 Å². The topological polar surface area (TPSA) is 69.6 Å². The third-order valence-corrected chi connectivity index (χ3v) is 3.84. The number of aromatic nitrogens is 1. The number of rotatable bonds is 6. The minimum Gasteiger partial charge on any atom is -0.497 e. The van der Waals surface area contributed by atoms with E-state index in [1.165, 1.54) is 25.4 Å². The van der Waals surface area contributed by atoms with Gasteiger partial charge in [0.15, 0.2) is 0 Å². The van der Waals surface area contributed by atoms with E-state index in [0.29, 0.717) is 11.8 Å². The third kappa shape index (κ3) is 4.35. The minimum absolute atomic E-state index is 0.0643. The van der Waals surface area contributed by atoms with Gasteiger partial charge in [0.25, 0.3) is 11.5 Å². The molecule has 144 valence electrons. The van der Waals surface area contributed by atoms with Crippen molar-refractivity contribution >= 4 is 11.6 Å². The molecule has 3 aromatic rings. The maximum atomic E-state index is 13.7. The Kier molecular flexibility index (Phi) is 5.69. The molecule has 1 amide bonds.